The molecule has 0 amide bonds. The minimum absolute atomic E-state index is 0.0533. The van der Waals surface area contributed by atoms with Gasteiger partial charge >= 0.3 is 0 Å². The van der Waals surface area contributed by atoms with Crippen molar-refractivity contribution in [3.05, 3.63) is 69.8 Å². The number of benzene rings is 2. The van der Waals surface area contributed by atoms with Crippen molar-refractivity contribution in [1.82, 2.24) is 0 Å². The van der Waals surface area contributed by atoms with Crippen LogP contribution in [0, 0.1) is 21.4 Å². The first kappa shape index (κ1) is 13.6. The molecule has 0 N–H and O–H groups in total. The van der Waals surface area contributed by atoms with Gasteiger partial charge in [-0.2, -0.15) is 5.26 Å². The highest BCUT2D eigenvalue weighted by Crippen LogP contribution is 2.29. The predicted octanol–water partition coefficient (Wildman–Crippen LogP) is 3.10. The Morgan fingerprint density at radius 3 is 2.55 bits per heavy atom. The topological polar surface area (TPSA) is 70.2 Å². The molecule has 0 atom stereocenters. The lowest BCUT2D eigenvalue weighted by atomic mass is 10.1. The van der Waals surface area contributed by atoms with Crippen molar-refractivity contribution in [1.29, 1.82) is 5.26 Å². The van der Waals surface area contributed by atoms with E-state index >= 15 is 0 Å². The molecule has 0 unspecified atom stereocenters. The van der Waals surface area contributed by atoms with E-state index in [0.29, 0.717) is 12.2 Å². The summed E-state index contributed by atoms with van der Waals surface area (Å²) in [7, 11) is 1.79. The second kappa shape index (κ2) is 5.85. The molecule has 5 nitrogen and oxygen atoms in total. The van der Waals surface area contributed by atoms with E-state index in [4.69, 9.17) is 5.26 Å². The van der Waals surface area contributed by atoms with Crippen molar-refractivity contribution in [2.45, 2.75) is 6.54 Å². The van der Waals surface area contributed by atoms with E-state index in [1.165, 1.54) is 6.07 Å². The highest BCUT2D eigenvalue weighted by Gasteiger charge is 2.18. The Hall–Kier alpha value is -2.87. The fourth-order valence-corrected chi connectivity index (χ4v) is 2.00. The van der Waals surface area contributed by atoms with Crippen LogP contribution in [0.15, 0.2) is 48.5 Å². The standard InChI is InChI=1S/C15H13N3O2/c1-17(11-12-5-3-2-4-6-12)14-8-7-13(10-16)9-15(14)18(19)20/h2-9H,11H2,1H3. The van der Waals surface area contributed by atoms with Crippen LogP contribution in [0.25, 0.3) is 0 Å². The first-order chi connectivity index (χ1) is 9.61. The number of nitro groups is 1. The second-order valence-corrected chi connectivity index (χ2v) is 4.41. The van der Waals surface area contributed by atoms with Crippen molar-refractivity contribution in [2.75, 3.05) is 11.9 Å². The van der Waals surface area contributed by atoms with Crippen molar-refractivity contribution in [2.24, 2.45) is 0 Å². The van der Waals surface area contributed by atoms with E-state index in [-0.39, 0.29) is 11.3 Å². The van der Waals surface area contributed by atoms with Crippen molar-refractivity contribution in [3.63, 3.8) is 0 Å². The fourth-order valence-electron chi connectivity index (χ4n) is 2.00. The summed E-state index contributed by atoms with van der Waals surface area (Å²) in [6, 6.07) is 16.1. The van der Waals surface area contributed by atoms with E-state index in [2.05, 4.69) is 0 Å². The van der Waals surface area contributed by atoms with Gasteiger partial charge in [-0.3, -0.25) is 10.1 Å². The maximum absolute atomic E-state index is 11.1. The Morgan fingerprint density at radius 2 is 1.95 bits per heavy atom. The molecule has 0 radical (unpaired) electrons. The van der Waals surface area contributed by atoms with Crippen LogP contribution in [0.4, 0.5) is 11.4 Å². The minimum Gasteiger partial charge on any atom is -0.365 e. The molecule has 0 fully saturated rings. The average Bonchev–Trinajstić information content (AvgIpc) is 2.47. The number of rotatable bonds is 4. The SMILES string of the molecule is CN(Cc1ccccc1)c1ccc(C#N)cc1[N+](=O)[O-]. The Labute approximate surface area is 116 Å². The van der Waals surface area contributed by atoms with Crippen molar-refractivity contribution >= 4 is 11.4 Å². The summed E-state index contributed by atoms with van der Waals surface area (Å²) in [5.41, 5.74) is 1.79. The number of nitrogens with zero attached hydrogens (tertiary/aromatic N) is 3. The van der Waals surface area contributed by atoms with Gasteiger partial charge in [-0.15, -0.1) is 0 Å². The van der Waals surface area contributed by atoms with Crippen LogP contribution in [-0.4, -0.2) is 12.0 Å². The molecule has 0 saturated heterocycles. The molecule has 0 saturated carbocycles. The lowest BCUT2D eigenvalue weighted by Gasteiger charge is -2.19. The first-order valence-electron chi connectivity index (χ1n) is 6.05. The van der Waals surface area contributed by atoms with Crippen LogP contribution in [-0.2, 0) is 6.54 Å². The molecule has 0 heterocycles. The highest BCUT2D eigenvalue weighted by molar-refractivity contribution is 5.65. The summed E-state index contributed by atoms with van der Waals surface area (Å²) in [5, 5.41) is 19.9. The third-order valence-corrected chi connectivity index (χ3v) is 2.98. The smallest absolute Gasteiger partial charge is 0.293 e. The first-order valence-corrected chi connectivity index (χ1v) is 6.05. The molecule has 2 rings (SSSR count). The lowest BCUT2D eigenvalue weighted by Crippen LogP contribution is -2.17. The number of anilines is 1. The quantitative estimate of drug-likeness (QED) is 0.630. The molecule has 2 aromatic rings. The average molecular weight is 267 g/mol. The normalized spacial score (nSPS) is 9.80. The Kier molecular flexibility index (Phi) is 3.96. The number of hydrogen-bond donors (Lipinski definition) is 0. The van der Waals surface area contributed by atoms with Crippen LogP contribution in [0.3, 0.4) is 0 Å². The summed E-state index contributed by atoms with van der Waals surface area (Å²) < 4.78 is 0. The summed E-state index contributed by atoms with van der Waals surface area (Å²) in [6.07, 6.45) is 0. The Balaban J connectivity index is 2.32. The Morgan fingerprint density at radius 1 is 1.25 bits per heavy atom. The van der Waals surface area contributed by atoms with E-state index in [0.717, 1.165) is 5.56 Å². The Bertz CT molecular complexity index is 663. The summed E-state index contributed by atoms with van der Waals surface area (Å²) in [5.74, 6) is 0. The monoisotopic (exact) mass is 267 g/mol. The van der Waals surface area contributed by atoms with Crippen LogP contribution < -0.4 is 4.90 Å². The number of hydrogen-bond acceptors (Lipinski definition) is 4. The van der Waals surface area contributed by atoms with Crippen molar-refractivity contribution in [3.8, 4) is 6.07 Å². The van der Waals surface area contributed by atoms with Gasteiger partial charge in [0.25, 0.3) is 5.69 Å². The van der Waals surface area contributed by atoms with Gasteiger partial charge in [-0.25, -0.2) is 0 Å². The molecular weight excluding hydrogens is 254 g/mol. The van der Waals surface area contributed by atoms with Gasteiger partial charge in [0.1, 0.15) is 5.69 Å². The van der Waals surface area contributed by atoms with Gasteiger partial charge in [0.2, 0.25) is 0 Å². The van der Waals surface area contributed by atoms with E-state index in [1.807, 2.05) is 36.4 Å². The lowest BCUT2D eigenvalue weighted by molar-refractivity contribution is -0.384. The third-order valence-electron chi connectivity index (χ3n) is 2.98. The molecule has 0 aliphatic rings. The van der Waals surface area contributed by atoms with Crippen LogP contribution in [0.2, 0.25) is 0 Å². The molecule has 0 bridgehead atoms. The molecule has 20 heavy (non-hydrogen) atoms. The van der Waals surface area contributed by atoms with Crippen LogP contribution >= 0.6 is 0 Å². The molecule has 2 aromatic carbocycles. The predicted molar refractivity (Wildman–Crippen MR) is 76.4 cm³/mol. The molecule has 0 spiro atoms. The van der Waals surface area contributed by atoms with Gasteiger partial charge < -0.3 is 4.90 Å². The van der Waals surface area contributed by atoms with E-state index in [1.54, 1.807) is 24.1 Å². The van der Waals surface area contributed by atoms with Gasteiger partial charge in [0, 0.05) is 19.7 Å². The van der Waals surface area contributed by atoms with E-state index < -0.39 is 4.92 Å². The van der Waals surface area contributed by atoms with Gasteiger partial charge in [0.15, 0.2) is 0 Å². The fraction of sp³-hybridized carbons (Fsp3) is 0.133. The molecular formula is C15H13N3O2. The van der Waals surface area contributed by atoms with E-state index in [9.17, 15) is 10.1 Å². The molecule has 5 heteroatoms. The zero-order valence-electron chi connectivity index (χ0n) is 11.0. The third kappa shape index (κ3) is 2.93. The zero-order valence-corrected chi connectivity index (χ0v) is 11.0. The van der Waals surface area contributed by atoms with Crippen LogP contribution in [0.1, 0.15) is 11.1 Å². The maximum atomic E-state index is 11.1. The van der Waals surface area contributed by atoms with Crippen LogP contribution in [0.5, 0.6) is 0 Å². The molecule has 0 aliphatic heterocycles. The van der Waals surface area contributed by atoms with Crippen molar-refractivity contribution < 1.29 is 4.92 Å². The number of nitro benzene ring substituents is 1. The van der Waals surface area contributed by atoms with Gasteiger partial charge in [0.05, 0.1) is 16.6 Å². The molecule has 0 aromatic heterocycles. The zero-order chi connectivity index (χ0) is 14.5. The molecule has 100 valence electrons. The minimum atomic E-state index is -0.461. The number of nitriles is 1. The second-order valence-electron chi connectivity index (χ2n) is 4.41. The largest absolute Gasteiger partial charge is 0.365 e. The maximum Gasteiger partial charge on any atom is 0.293 e. The van der Waals surface area contributed by atoms with Gasteiger partial charge in [-0.1, -0.05) is 30.3 Å². The summed E-state index contributed by atoms with van der Waals surface area (Å²) >= 11 is 0. The summed E-state index contributed by atoms with van der Waals surface area (Å²) in [6.45, 7) is 0.563. The molecule has 0 aliphatic carbocycles. The highest BCUT2D eigenvalue weighted by atomic mass is 16.6. The summed E-state index contributed by atoms with van der Waals surface area (Å²) in [4.78, 5) is 12.5. The van der Waals surface area contributed by atoms with Gasteiger partial charge in [-0.05, 0) is 17.7 Å².